The van der Waals surface area contributed by atoms with Gasteiger partial charge in [-0.1, -0.05) is 95.6 Å². The number of fused-ring (bicyclic) bond motifs is 3. The minimum atomic E-state index is -1.67. The molecular formula is C31H35NO4. The molecule has 0 aromatic heterocycles. The molecule has 6 rings (SSSR count). The maximum absolute atomic E-state index is 14.1. The lowest BCUT2D eigenvalue weighted by molar-refractivity contribution is -0.944. The van der Waals surface area contributed by atoms with Gasteiger partial charge in [-0.15, -0.1) is 0 Å². The molecule has 5 heteroatoms. The average Bonchev–Trinajstić information content (AvgIpc) is 2.93. The molecule has 0 aliphatic carbocycles. The summed E-state index contributed by atoms with van der Waals surface area (Å²) in [7, 11) is 0. The van der Waals surface area contributed by atoms with E-state index in [-0.39, 0.29) is 6.42 Å². The van der Waals surface area contributed by atoms with Crippen LogP contribution < -0.4 is 9.84 Å². The van der Waals surface area contributed by atoms with Crippen molar-refractivity contribution in [2.45, 2.75) is 43.3 Å². The first kappa shape index (κ1) is 24.5. The van der Waals surface area contributed by atoms with Crippen molar-refractivity contribution in [3.05, 3.63) is 102 Å². The normalized spacial score (nSPS) is 23.2. The topological polar surface area (TPSA) is 58.6 Å². The second kappa shape index (κ2) is 10.5. The second-order valence-electron chi connectivity index (χ2n) is 10.4. The van der Waals surface area contributed by atoms with E-state index >= 15 is 0 Å². The summed E-state index contributed by atoms with van der Waals surface area (Å²) < 4.78 is 13.1. The Hall–Kier alpha value is -3.15. The van der Waals surface area contributed by atoms with Gasteiger partial charge in [-0.2, -0.15) is 0 Å². The van der Waals surface area contributed by atoms with Crippen LogP contribution in [0.3, 0.4) is 0 Å². The van der Waals surface area contributed by atoms with Crippen molar-refractivity contribution >= 4 is 5.97 Å². The molecule has 0 N–H and O–H groups in total. The molecule has 3 fully saturated rings. The Morgan fingerprint density at radius 1 is 0.806 bits per heavy atom. The van der Waals surface area contributed by atoms with E-state index in [9.17, 15) is 9.90 Å². The summed E-state index contributed by atoms with van der Waals surface area (Å²) in [5.74, 6) is 0.525. The number of nitrogens with zero attached hydrogens (tertiary/aromatic N) is 1. The van der Waals surface area contributed by atoms with Crippen LogP contribution in [-0.4, -0.2) is 48.8 Å². The summed E-state index contributed by atoms with van der Waals surface area (Å²) in [5.41, 5.74) is -0.915. The molecule has 0 saturated carbocycles. The third-order valence-electron chi connectivity index (χ3n) is 8.12. The summed E-state index contributed by atoms with van der Waals surface area (Å²) in [6.45, 7) is 4.84. The molecule has 3 aliphatic rings. The predicted octanol–water partition coefficient (Wildman–Crippen LogP) is 4.45. The maximum atomic E-state index is 14.1. The number of ether oxygens (including phenoxy) is 2. The highest BCUT2D eigenvalue weighted by atomic mass is 16.6. The van der Waals surface area contributed by atoms with Gasteiger partial charge in [0.15, 0.2) is 0 Å². The second-order valence-corrected chi connectivity index (χ2v) is 10.4. The number of carbonyl (C=O) groups excluding carboxylic acids is 1. The fourth-order valence-corrected chi connectivity index (χ4v) is 5.89. The third-order valence-corrected chi connectivity index (χ3v) is 8.12. The lowest BCUT2D eigenvalue weighted by Crippen LogP contribution is -2.65. The largest absolute Gasteiger partial charge is 0.842 e. The van der Waals surface area contributed by atoms with E-state index in [4.69, 9.17) is 9.47 Å². The van der Waals surface area contributed by atoms with E-state index in [0.717, 1.165) is 62.1 Å². The molecule has 3 saturated heterocycles. The third kappa shape index (κ3) is 5.32. The smallest absolute Gasteiger partial charge is 0.306 e. The van der Waals surface area contributed by atoms with Crippen molar-refractivity contribution < 1.29 is 23.9 Å². The van der Waals surface area contributed by atoms with Crippen LogP contribution in [0.1, 0.15) is 43.2 Å². The summed E-state index contributed by atoms with van der Waals surface area (Å²) in [4.78, 5) is 13.2. The summed E-state index contributed by atoms with van der Waals surface area (Å²) in [6.07, 6.45) is 3.39. The Balaban J connectivity index is 1.18. The lowest BCUT2D eigenvalue weighted by atomic mass is 9.80. The Labute approximate surface area is 213 Å². The predicted molar refractivity (Wildman–Crippen MR) is 137 cm³/mol. The van der Waals surface area contributed by atoms with Crippen LogP contribution in [0.25, 0.3) is 0 Å². The van der Waals surface area contributed by atoms with Crippen LogP contribution in [0.5, 0.6) is 5.75 Å². The summed E-state index contributed by atoms with van der Waals surface area (Å²) in [5, 5.41) is 14.1. The standard InChI is InChI=1S/C31H35NO4/c33-29(25-31(34,26-11-4-1-5-12-26)27-13-6-2-7-14-27)36-30-17-21-32(22-18-30,23-19-30)20-10-24-35-28-15-8-3-9-16-28/h1-9,11-16H,10,17-25H2. The molecule has 3 aromatic carbocycles. The van der Waals surface area contributed by atoms with Crippen molar-refractivity contribution in [1.29, 1.82) is 0 Å². The highest BCUT2D eigenvalue weighted by molar-refractivity contribution is 5.72. The number of carbonyl (C=O) groups is 1. The van der Waals surface area contributed by atoms with Gasteiger partial charge in [-0.25, -0.2) is 0 Å². The first-order chi connectivity index (χ1) is 17.5. The minimum absolute atomic E-state index is 0.209. The van der Waals surface area contributed by atoms with E-state index in [1.807, 2.05) is 66.7 Å². The van der Waals surface area contributed by atoms with Gasteiger partial charge in [0.25, 0.3) is 0 Å². The van der Waals surface area contributed by atoms with E-state index in [0.29, 0.717) is 17.7 Å². The Morgan fingerprint density at radius 2 is 1.31 bits per heavy atom. The first-order valence-corrected chi connectivity index (χ1v) is 13.1. The maximum Gasteiger partial charge on any atom is 0.306 e. The number of hydrogen-bond acceptors (Lipinski definition) is 4. The van der Waals surface area contributed by atoms with Gasteiger partial charge < -0.3 is 19.1 Å². The van der Waals surface area contributed by atoms with Crippen LogP contribution in [-0.2, 0) is 15.1 Å². The van der Waals surface area contributed by atoms with Crippen molar-refractivity contribution in [1.82, 2.24) is 0 Å². The molecule has 188 valence electrons. The number of piperidine rings is 3. The van der Waals surface area contributed by atoms with E-state index in [1.165, 1.54) is 0 Å². The minimum Gasteiger partial charge on any atom is -0.842 e. The fourth-order valence-electron chi connectivity index (χ4n) is 5.89. The van der Waals surface area contributed by atoms with Gasteiger partial charge in [0, 0.05) is 32.1 Å². The number of hydrogen-bond donors (Lipinski definition) is 0. The van der Waals surface area contributed by atoms with E-state index in [2.05, 4.69) is 0 Å². The Bertz CT molecular complexity index is 1070. The fraction of sp³-hybridized carbons (Fsp3) is 0.387. The van der Waals surface area contributed by atoms with Gasteiger partial charge in [0.1, 0.15) is 11.4 Å². The zero-order valence-corrected chi connectivity index (χ0v) is 20.8. The van der Waals surface area contributed by atoms with Crippen molar-refractivity contribution in [2.75, 3.05) is 32.8 Å². The molecule has 36 heavy (non-hydrogen) atoms. The first-order valence-electron chi connectivity index (χ1n) is 13.1. The Morgan fingerprint density at radius 3 is 1.83 bits per heavy atom. The number of benzene rings is 3. The van der Waals surface area contributed by atoms with Crippen LogP contribution >= 0.6 is 0 Å². The number of quaternary nitrogens is 1. The van der Waals surface area contributed by atoms with Crippen molar-refractivity contribution in [3.8, 4) is 5.75 Å². The zero-order valence-electron chi connectivity index (χ0n) is 20.8. The molecule has 5 nitrogen and oxygen atoms in total. The molecule has 0 unspecified atom stereocenters. The van der Waals surface area contributed by atoms with Crippen LogP contribution in [0, 0.1) is 0 Å². The van der Waals surface area contributed by atoms with Crippen molar-refractivity contribution in [3.63, 3.8) is 0 Å². The monoisotopic (exact) mass is 485 g/mol. The molecule has 3 heterocycles. The van der Waals surface area contributed by atoms with Gasteiger partial charge in [0.2, 0.25) is 0 Å². The highest BCUT2D eigenvalue weighted by Gasteiger charge is 2.51. The van der Waals surface area contributed by atoms with Gasteiger partial charge in [-0.05, 0) is 12.1 Å². The average molecular weight is 486 g/mol. The SMILES string of the molecule is O=C(CC([O-])(c1ccccc1)c1ccccc1)OC12CC[N+](CCCOc3ccccc3)(CC1)CC2. The van der Waals surface area contributed by atoms with Gasteiger partial charge in [0.05, 0.1) is 32.8 Å². The van der Waals surface area contributed by atoms with Gasteiger partial charge in [-0.3, -0.25) is 4.79 Å². The molecule has 0 amide bonds. The molecule has 2 bridgehead atoms. The van der Waals surface area contributed by atoms with Crippen LogP contribution in [0.15, 0.2) is 91.0 Å². The van der Waals surface area contributed by atoms with Crippen molar-refractivity contribution in [2.24, 2.45) is 0 Å². The summed E-state index contributed by atoms with van der Waals surface area (Å²) in [6, 6.07) is 28.3. The van der Waals surface area contributed by atoms with E-state index < -0.39 is 17.2 Å². The summed E-state index contributed by atoms with van der Waals surface area (Å²) >= 11 is 0. The Kier molecular flexibility index (Phi) is 7.13. The molecule has 3 aromatic rings. The lowest BCUT2D eigenvalue weighted by Gasteiger charge is -2.54. The number of para-hydroxylation sites is 1. The number of esters is 1. The molecule has 0 radical (unpaired) electrons. The highest BCUT2D eigenvalue weighted by Crippen LogP contribution is 2.41. The van der Waals surface area contributed by atoms with Gasteiger partial charge >= 0.3 is 5.97 Å². The molecule has 3 aliphatic heterocycles. The zero-order chi connectivity index (χ0) is 24.9. The number of rotatable bonds is 10. The molecule has 0 spiro atoms. The molecular weight excluding hydrogens is 450 g/mol. The van der Waals surface area contributed by atoms with Crippen LogP contribution in [0.2, 0.25) is 0 Å². The van der Waals surface area contributed by atoms with E-state index in [1.54, 1.807) is 24.3 Å². The quantitative estimate of drug-likeness (QED) is 0.242. The van der Waals surface area contributed by atoms with Crippen LogP contribution in [0.4, 0.5) is 0 Å². The molecule has 0 atom stereocenters.